The molecule has 5 rings (SSSR count). The van der Waals surface area contributed by atoms with Gasteiger partial charge in [0.2, 0.25) is 0 Å². The van der Waals surface area contributed by atoms with Gasteiger partial charge in [-0.25, -0.2) is 4.68 Å². The minimum absolute atomic E-state index is 0.0772. The van der Waals surface area contributed by atoms with Crippen LogP contribution < -0.4 is 5.32 Å². The first-order chi connectivity index (χ1) is 16.7. The van der Waals surface area contributed by atoms with Crippen LogP contribution in [0.3, 0.4) is 0 Å². The van der Waals surface area contributed by atoms with Gasteiger partial charge in [-0.15, -0.1) is 0 Å². The molecule has 1 N–H and O–H groups in total. The van der Waals surface area contributed by atoms with Crippen molar-refractivity contribution < 1.29 is 9.53 Å². The number of nitrogens with zero attached hydrogens (tertiary/aromatic N) is 3. The highest BCUT2D eigenvalue weighted by molar-refractivity contribution is 7.99. The van der Waals surface area contributed by atoms with Crippen molar-refractivity contribution in [3.8, 4) is 0 Å². The number of carbonyl (C=O) groups is 1. The standard InChI is InChI=1S/C27H26N4O2S/c1-28-27(32)22-9-2-3-10-25(22)34-20-13-14-21-23(15-12-19-8-4-6-16-29-19)30-31(24(21)18-20)26-11-5-7-17-33-26/h2-4,6,8-10,12-16,18,26H,5,7,11,17H2,1H3,(H,28,32)/b15-12+. The van der Waals surface area contributed by atoms with Gasteiger partial charge in [0.25, 0.3) is 5.91 Å². The molecular weight excluding hydrogens is 444 g/mol. The topological polar surface area (TPSA) is 69.0 Å². The van der Waals surface area contributed by atoms with Crippen molar-refractivity contribution in [3.63, 3.8) is 0 Å². The smallest absolute Gasteiger partial charge is 0.252 e. The number of benzene rings is 2. The molecule has 1 unspecified atom stereocenters. The summed E-state index contributed by atoms with van der Waals surface area (Å²) in [5.74, 6) is -0.0910. The molecule has 1 aliphatic rings. The largest absolute Gasteiger partial charge is 0.356 e. The van der Waals surface area contributed by atoms with Crippen LogP contribution >= 0.6 is 11.8 Å². The monoisotopic (exact) mass is 470 g/mol. The molecule has 0 bridgehead atoms. The first kappa shape index (κ1) is 22.4. The van der Waals surface area contributed by atoms with Crippen molar-refractivity contribution in [3.05, 3.63) is 83.8 Å². The van der Waals surface area contributed by atoms with Gasteiger partial charge >= 0.3 is 0 Å². The molecule has 4 aromatic rings. The predicted octanol–water partition coefficient (Wildman–Crippen LogP) is 5.81. The molecule has 2 aromatic heterocycles. The highest BCUT2D eigenvalue weighted by Gasteiger charge is 2.21. The van der Waals surface area contributed by atoms with E-state index < -0.39 is 0 Å². The Kier molecular flexibility index (Phi) is 6.74. The van der Waals surface area contributed by atoms with Crippen LogP contribution in [0.5, 0.6) is 0 Å². The van der Waals surface area contributed by atoms with E-state index in [1.54, 1.807) is 25.0 Å². The third-order valence-corrected chi connectivity index (χ3v) is 6.89. The summed E-state index contributed by atoms with van der Waals surface area (Å²) in [6.07, 6.45) is 8.85. The number of fused-ring (bicyclic) bond motifs is 1. The number of amides is 1. The van der Waals surface area contributed by atoms with Gasteiger partial charge in [-0.2, -0.15) is 5.10 Å². The van der Waals surface area contributed by atoms with Gasteiger partial charge in [-0.1, -0.05) is 30.0 Å². The van der Waals surface area contributed by atoms with E-state index in [4.69, 9.17) is 9.84 Å². The van der Waals surface area contributed by atoms with E-state index in [-0.39, 0.29) is 12.1 Å². The Labute approximate surface area is 203 Å². The van der Waals surface area contributed by atoms with Gasteiger partial charge in [-0.3, -0.25) is 9.78 Å². The van der Waals surface area contributed by atoms with Gasteiger partial charge in [0.05, 0.1) is 22.5 Å². The van der Waals surface area contributed by atoms with Crippen molar-refractivity contribution >= 4 is 40.7 Å². The quantitative estimate of drug-likeness (QED) is 0.385. The van der Waals surface area contributed by atoms with Gasteiger partial charge in [0.1, 0.15) is 0 Å². The molecule has 6 nitrogen and oxygen atoms in total. The van der Waals surface area contributed by atoms with Crippen molar-refractivity contribution in [1.29, 1.82) is 0 Å². The summed E-state index contributed by atoms with van der Waals surface area (Å²) in [6.45, 7) is 0.749. The average Bonchev–Trinajstić information content (AvgIpc) is 3.26. The summed E-state index contributed by atoms with van der Waals surface area (Å²) >= 11 is 1.58. The fourth-order valence-corrected chi connectivity index (χ4v) is 5.09. The van der Waals surface area contributed by atoms with Gasteiger partial charge in [0, 0.05) is 35.0 Å². The molecule has 0 spiro atoms. The molecule has 0 aliphatic carbocycles. The number of ether oxygens (including phenoxy) is 1. The lowest BCUT2D eigenvalue weighted by molar-refractivity contribution is -0.0367. The zero-order chi connectivity index (χ0) is 23.3. The molecule has 0 radical (unpaired) electrons. The Balaban J connectivity index is 1.54. The predicted molar refractivity (Wildman–Crippen MR) is 136 cm³/mol. The van der Waals surface area contributed by atoms with Gasteiger partial charge in [-0.05, 0) is 73.9 Å². The second-order valence-corrected chi connectivity index (χ2v) is 9.21. The lowest BCUT2D eigenvalue weighted by atomic mass is 10.1. The Hall–Kier alpha value is -3.42. The zero-order valence-electron chi connectivity index (χ0n) is 19.0. The molecule has 172 valence electrons. The molecule has 3 heterocycles. The number of hydrogen-bond donors (Lipinski definition) is 1. The lowest BCUT2D eigenvalue weighted by Gasteiger charge is -2.23. The van der Waals surface area contributed by atoms with Crippen LogP contribution in [0.15, 0.2) is 76.7 Å². The van der Waals surface area contributed by atoms with Gasteiger partial charge < -0.3 is 10.1 Å². The van der Waals surface area contributed by atoms with E-state index in [2.05, 4.69) is 28.5 Å². The minimum Gasteiger partial charge on any atom is -0.356 e. The summed E-state index contributed by atoms with van der Waals surface area (Å²) in [6, 6.07) is 19.8. The lowest BCUT2D eigenvalue weighted by Crippen LogP contribution is -2.19. The number of hydrogen-bond acceptors (Lipinski definition) is 5. The zero-order valence-corrected chi connectivity index (χ0v) is 19.8. The SMILES string of the molecule is CNC(=O)c1ccccc1Sc1ccc2c(/C=C/c3ccccn3)nn(C3CCCCO3)c2c1. The van der Waals surface area contributed by atoms with Crippen LogP contribution in [-0.4, -0.2) is 34.3 Å². The Morgan fingerprint density at radius 3 is 2.79 bits per heavy atom. The van der Waals surface area contributed by atoms with Crippen LogP contribution in [0.4, 0.5) is 0 Å². The molecule has 1 fully saturated rings. The normalized spacial score (nSPS) is 16.2. The average molecular weight is 471 g/mol. The number of aromatic nitrogens is 3. The van der Waals surface area contributed by atoms with Crippen LogP contribution in [-0.2, 0) is 4.74 Å². The Bertz CT molecular complexity index is 1330. The molecule has 34 heavy (non-hydrogen) atoms. The number of rotatable bonds is 6. The maximum atomic E-state index is 12.3. The van der Waals surface area contributed by atoms with Crippen LogP contribution in [0.25, 0.3) is 23.1 Å². The molecule has 1 saturated heterocycles. The first-order valence-corrected chi connectivity index (χ1v) is 12.3. The van der Waals surface area contributed by atoms with E-state index in [0.29, 0.717) is 5.56 Å². The molecule has 2 aromatic carbocycles. The molecule has 1 aliphatic heterocycles. The number of pyridine rings is 1. The first-order valence-electron chi connectivity index (χ1n) is 11.4. The Morgan fingerprint density at radius 2 is 2.00 bits per heavy atom. The second-order valence-electron chi connectivity index (χ2n) is 8.10. The van der Waals surface area contributed by atoms with Gasteiger partial charge in [0.15, 0.2) is 6.23 Å². The van der Waals surface area contributed by atoms with E-state index in [0.717, 1.165) is 58.0 Å². The van der Waals surface area contributed by atoms with Crippen molar-refractivity contribution in [1.82, 2.24) is 20.1 Å². The maximum absolute atomic E-state index is 12.3. The summed E-state index contributed by atoms with van der Waals surface area (Å²) in [4.78, 5) is 18.7. The maximum Gasteiger partial charge on any atom is 0.252 e. The molecule has 1 atom stereocenters. The van der Waals surface area contributed by atoms with Crippen LogP contribution in [0.2, 0.25) is 0 Å². The van der Waals surface area contributed by atoms with E-state index in [1.807, 2.05) is 59.3 Å². The summed E-state index contributed by atoms with van der Waals surface area (Å²) < 4.78 is 8.09. The second kappa shape index (κ2) is 10.2. The summed E-state index contributed by atoms with van der Waals surface area (Å²) in [5.41, 5.74) is 3.46. The molecule has 7 heteroatoms. The molecule has 0 saturated carbocycles. The highest BCUT2D eigenvalue weighted by atomic mass is 32.2. The van der Waals surface area contributed by atoms with Crippen molar-refractivity contribution in [2.75, 3.05) is 13.7 Å². The Morgan fingerprint density at radius 1 is 1.12 bits per heavy atom. The highest BCUT2D eigenvalue weighted by Crippen LogP contribution is 2.35. The minimum atomic E-state index is -0.0910. The van der Waals surface area contributed by atoms with E-state index in [9.17, 15) is 4.79 Å². The van der Waals surface area contributed by atoms with Crippen molar-refractivity contribution in [2.24, 2.45) is 0 Å². The summed E-state index contributed by atoms with van der Waals surface area (Å²) in [7, 11) is 1.65. The molecular formula is C27H26N4O2S. The van der Waals surface area contributed by atoms with Crippen LogP contribution in [0, 0.1) is 0 Å². The van der Waals surface area contributed by atoms with Crippen molar-refractivity contribution in [2.45, 2.75) is 35.3 Å². The summed E-state index contributed by atoms with van der Waals surface area (Å²) in [5, 5.41) is 8.72. The van der Waals surface area contributed by atoms with E-state index in [1.165, 1.54) is 0 Å². The third kappa shape index (κ3) is 4.76. The van der Waals surface area contributed by atoms with Crippen LogP contribution in [0.1, 0.15) is 47.2 Å². The number of carbonyl (C=O) groups excluding carboxylic acids is 1. The molecule has 1 amide bonds. The fourth-order valence-electron chi connectivity index (χ4n) is 4.11. The van der Waals surface area contributed by atoms with E-state index >= 15 is 0 Å². The fraction of sp³-hybridized carbons (Fsp3) is 0.222. The third-order valence-electron chi connectivity index (χ3n) is 5.82. The number of nitrogens with one attached hydrogen (secondary N) is 1.